The van der Waals surface area contributed by atoms with Gasteiger partial charge in [0.2, 0.25) is 0 Å². The van der Waals surface area contributed by atoms with Gasteiger partial charge in [0.1, 0.15) is 11.6 Å². The summed E-state index contributed by atoms with van der Waals surface area (Å²) in [5, 5.41) is 30.3. The molecule has 200 valence electrons. The van der Waals surface area contributed by atoms with Gasteiger partial charge in [0.05, 0.1) is 23.4 Å². The lowest BCUT2D eigenvalue weighted by atomic mass is 9.62. The van der Waals surface area contributed by atoms with Crippen molar-refractivity contribution >= 4 is 16.6 Å². The maximum absolute atomic E-state index is 14.5. The van der Waals surface area contributed by atoms with E-state index in [0.717, 1.165) is 0 Å². The molecule has 5 nitrogen and oxygen atoms in total. The first-order valence-corrected chi connectivity index (χ1v) is 12.4. The van der Waals surface area contributed by atoms with Crippen molar-refractivity contribution in [2.75, 3.05) is 5.32 Å². The lowest BCUT2D eigenvalue weighted by molar-refractivity contribution is -0.276. The largest absolute Gasteiger partial charge is 0.507 e. The molecule has 1 aliphatic rings. The Morgan fingerprint density at radius 2 is 1.74 bits per heavy atom. The van der Waals surface area contributed by atoms with Gasteiger partial charge in [-0.15, -0.1) is 0 Å². The Balaban J connectivity index is 1.61. The Hall–Kier alpha value is -3.59. The summed E-state index contributed by atoms with van der Waals surface area (Å²) in [4.78, 5) is 0. The number of alkyl halides is 3. The van der Waals surface area contributed by atoms with Gasteiger partial charge < -0.3 is 15.5 Å². The van der Waals surface area contributed by atoms with E-state index in [2.05, 4.69) is 10.4 Å². The Kier molecular flexibility index (Phi) is 5.98. The first kappa shape index (κ1) is 26.0. The predicted molar refractivity (Wildman–Crippen MR) is 138 cm³/mol. The van der Waals surface area contributed by atoms with Crippen LogP contribution in [0.2, 0.25) is 0 Å². The molecule has 0 saturated carbocycles. The number of fused-ring (bicyclic) bond motifs is 2. The van der Waals surface area contributed by atoms with Crippen molar-refractivity contribution < 1.29 is 27.8 Å². The molecule has 3 aromatic carbocycles. The van der Waals surface area contributed by atoms with Gasteiger partial charge in [-0.25, -0.2) is 9.07 Å². The Labute approximate surface area is 217 Å². The second-order valence-corrected chi connectivity index (χ2v) is 11.0. The number of hydrogen-bond acceptors (Lipinski definition) is 4. The van der Waals surface area contributed by atoms with Crippen LogP contribution in [0.5, 0.6) is 5.75 Å². The lowest BCUT2D eigenvalue weighted by Gasteiger charge is -2.49. The quantitative estimate of drug-likeness (QED) is 0.247. The van der Waals surface area contributed by atoms with Crippen LogP contribution < -0.4 is 5.32 Å². The van der Waals surface area contributed by atoms with Crippen LogP contribution in [0.4, 0.5) is 23.2 Å². The molecule has 9 heteroatoms. The van der Waals surface area contributed by atoms with E-state index in [1.807, 2.05) is 13.8 Å². The third-order valence-corrected chi connectivity index (χ3v) is 7.48. The highest BCUT2D eigenvalue weighted by Gasteiger charge is 2.64. The number of aliphatic hydroxyl groups is 1. The van der Waals surface area contributed by atoms with Crippen LogP contribution in [0.3, 0.4) is 0 Å². The number of nitrogens with one attached hydrogen (secondary N) is 1. The van der Waals surface area contributed by atoms with E-state index in [4.69, 9.17) is 0 Å². The van der Waals surface area contributed by atoms with E-state index in [0.29, 0.717) is 33.4 Å². The Bertz CT molecular complexity index is 1510. The predicted octanol–water partition coefficient (Wildman–Crippen LogP) is 7.12. The maximum atomic E-state index is 14.5. The molecule has 0 spiro atoms. The molecule has 0 fully saturated rings. The molecule has 0 bridgehead atoms. The SMILES string of the molecule is CC(C)c1ccc2c(c1O)C(C)(C)C[C@@](O)(C(F)(F)F)[C@H]2Nc1ccc2c(cnn2-c2ccc(F)cc2)c1. The topological polar surface area (TPSA) is 70.3 Å². The van der Waals surface area contributed by atoms with Crippen molar-refractivity contribution in [1.82, 2.24) is 9.78 Å². The van der Waals surface area contributed by atoms with E-state index in [1.54, 1.807) is 67.2 Å². The van der Waals surface area contributed by atoms with E-state index < -0.39 is 29.7 Å². The minimum Gasteiger partial charge on any atom is -0.507 e. The normalized spacial score (nSPS) is 21.1. The number of benzene rings is 3. The summed E-state index contributed by atoms with van der Waals surface area (Å²) < 4.78 is 58.5. The third-order valence-electron chi connectivity index (χ3n) is 7.48. The second kappa shape index (κ2) is 8.73. The van der Waals surface area contributed by atoms with Gasteiger partial charge in [-0.3, -0.25) is 0 Å². The minimum atomic E-state index is -4.94. The summed E-state index contributed by atoms with van der Waals surface area (Å²) in [6.07, 6.45) is -4.00. The van der Waals surface area contributed by atoms with E-state index >= 15 is 0 Å². The molecule has 5 rings (SSSR count). The molecule has 0 radical (unpaired) electrons. The number of anilines is 1. The number of phenols is 1. The van der Waals surface area contributed by atoms with E-state index in [9.17, 15) is 27.8 Å². The van der Waals surface area contributed by atoms with Crippen molar-refractivity contribution in [3.8, 4) is 11.4 Å². The lowest BCUT2D eigenvalue weighted by Crippen LogP contribution is -2.58. The van der Waals surface area contributed by atoms with Gasteiger partial charge in [-0.1, -0.05) is 39.8 Å². The molecule has 1 aromatic heterocycles. The fourth-order valence-corrected chi connectivity index (χ4v) is 5.70. The zero-order valence-electron chi connectivity index (χ0n) is 21.4. The van der Waals surface area contributed by atoms with Crippen LogP contribution in [0, 0.1) is 5.82 Å². The fourth-order valence-electron chi connectivity index (χ4n) is 5.70. The van der Waals surface area contributed by atoms with Crippen molar-refractivity contribution in [1.29, 1.82) is 0 Å². The maximum Gasteiger partial charge on any atom is 0.419 e. The van der Waals surface area contributed by atoms with Crippen LogP contribution in [0.25, 0.3) is 16.6 Å². The van der Waals surface area contributed by atoms with Gasteiger partial charge in [-0.05, 0) is 71.3 Å². The molecule has 1 heterocycles. The smallest absolute Gasteiger partial charge is 0.419 e. The number of phenolic OH excluding ortho intramolecular Hbond substituents is 1. The number of rotatable bonds is 4. The van der Waals surface area contributed by atoms with Crippen LogP contribution in [-0.4, -0.2) is 31.8 Å². The standard InChI is InChI=1S/C29H29F4N3O2/c1-16(2)21-10-11-22-24(25(21)37)27(3,4)15-28(38,29(31,32)33)26(22)35-19-7-12-23-17(13-19)14-34-36(23)20-8-5-18(30)6-9-20/h5-14,16,26,35,37-38H,15H2,1-4H3/t26-,28-/m0/s1. The highest BCUT2D eigenvalue weighted by molar-refractivity contribution is 5.84. The summed E-state index contributed by atoms with van der Waals surface area (Å²) >= 11 is 0. The highest BCUT2D eigenvalue weighted by atomic mass is 19.4. The van der Waals surface area contributed by atoms with Crippen molar-refractivity contribution in [2.45, 2.75) is 63.3 Å². The molecule has 4 aromatic rings. The van der Waals surface area contributed by atoms with Gasteiger partial charge in [-0.2, -0.15) is 18.3 Å². The summed E-state index contributed by atoms with van der Waals surface area (Å²) in [7, 11) is 0. The second-order valence-electron chi connectivity index (χ2n) is 11.0. The molecule has 2 atom stereocenters. The molecule has 0 unspecified atom stereocenters. The average molecular weight is 528 g/mol. The van der Waals surface area contributed by atoms with Crippen molar-refractivity contribution in [2.24, 2.45) is 0 Å². The fraction of sp³-hybridized carbons (Fsp3) is 0.345. The van der Waals surface area contributed by atoms with Crippen molar-refractivity contribution in [3.05, 3.63) is 83.3 Å². The summed E-state index contributed by atoms with van der Waals surface area (Å²) in [6, 6.07) is 12.4. The van der Waals surface area contributed by atoms with E-state index in [-0.39, 0.29) is 23.0 Å². The summed E-state index contributed by atoms with van der Waals surface area (Å²) in [6.45, 7) is 7.03. The first-order chi connectivity index (χ1) is 17.7. The molecule has 38 heavy (non-hydrogen) atoms. The van der Waals surface area contributed by atoms with Crippen molar-refractivity contribution in [3.63, 3.8) is 0 Å². The molecule has 0 saturated heterocycles. The zero-order valence-corrected chi connectivity index (χ0v) is 21.4. The van der Waals surface area contributed by atoms with E-state index in [1.165, 1.54) is 12.1 Å². The summed E-state index contributed by atoms with van der Waals surface area (Å²) in [5.74, 6) is -0.447. The van der Waals surface area contributed by atoms with Crippen LogP contribution in [-0.2, 0) is 5.41 Å². The molecular formula is C29H29F4N3O2. The van der Waals surface area contributed by atoms with Gasteiger partial charge in [0.25, 0.3) is 0 Å². The molecule has 3 N–H and O–H groups in total. The minimum absolute atomic E-state index is 0.0328. The molecule has 0 amide bonds. The number of halogens is 4. The number of hydrogen-bond donors (Lipinski definition) is 3. The zero-order chi connectivity index (χ0) is 27.6. The average Bonchev–Trinajstić information content (AvgIpc) is 3.24. The van der Waals surface area contributed by atoms with Gasteiger partial charge >= 0.3 is 6.18 Å². The van der Waals surface area contributed by atoms with Crippen LogP contribution in [0.1, 0.15) is 62.8 Å². The van der Waals surface area contributed by atoms with Crippen LogP contribution in [0.15, 0.2) is 60.8 Å². The van der Waals surface area contributed by atoms with Gasteiger partial charge in [0, 0.05) is 16.6 Å². The molecular weight excluding hydrogens is 498 g/mol. The van der Waals surface area contributed by atoms with Crippen LogP contribution >= 0.6 is 0 Å². The Morgan fingerprint density at radius 1 is 1.05 bits per heavy atom. The third kappa shape index (κ3) is 4.09. The Morgan fingerprint density at radius 3 is 2.37 bits per heavy atom. The monoisotopic (exact) mass is 527 g/mol. The first-order valence-electron chi connectivity index (χ1n) is 12.4. The number of nitrogens with zero attached hydrogens (tertiary/aromatic N) is 2. The van der Waals surface area contributed by atoms with Gasteiger partial charge in [0.15, 0.2) is 5.60 Å². The molecule has 1 aliphatic carbocycles. The number of aromatic nitrogens is 2. The molecule has 0 aliphatic heterocycles. The highest BCUT2D eigenvalue weighted by Crippen LogP contribution is 2.57. The number of aromatic hydroxyl groups is 1. The summed E-state index contributed by atoms with van der Waals surface area (Å²) in [5.41, 5.74) is -1.34.